The van der Waals surface area contributed by atoms with Gasteiger partial charge in [-0.2, -0.15) is 5.10 Å². The fourth-order valence-corrected chi connectivity index (χ4v) is 0.661. The molecule has 0 aromatic heterocycles. The van der Waals surface area contributed by atoms with Crippen molar-refractivity contribution in [3.05, 3.63) is 12.8 Å². The Hall–Kier alpha value is -0.790. The van der Waals surface area contributed by atoms with E-state index in [9.17, 15) is 0 Å². The van der Waals surface area contributed by atoms with Crippen molar-refractivity contribution in [2.75, 3.05) is 0 Å². The maximum atomic E-state index is 3.73. The van der Waals surface area contributed by atoms with Crippen molar-refractivity contribution >= 4 is 6.72 Å². The molecule has 0 bridgehead atoms. The topological polar surface area (TPSA) is 15.6 Å². The second-order valence-electron chi connectivity index (χ2n) is 1.94. The Kier molecular flexibility index (Phi) is 1.33. The van der Waals surface area contributed by atoms with Gasteiger partial charge < -0.3 is 0 Å². The molecule has 0 radical (unpaired) electrons. The molecule has 0 aromatic rings. The van der Waals surface area contributed by atoms with E-state index in [1.165, 1.54) is 12.8 Å². The van der Waals surface area contributed by atoms with Crippen molar-refractivity contribution in [2.24, 2.45) is 5.10 Å². The van der Waals surface area contributed by atoms with Crippen molar-refractivity contribution in [2.45, 2.75) is 18.9 Å². The Bertz CT molecular complexity index is 97.1. The lowest BCUT2D eigenvalue weighted by Crippen LogP contribution is -2.09. The molecule has 0 N–H and O–H groups in total. The normalized spacial score (nSPS) is 17.5. The van der Waals surface area contributed by atoms with E-state index in [-0.39, 0.29) is 0 Å². The van der Waals surface area contributed by atoms with Crippen molar-refractivity contribution in [1.82, 2.24) is 5.01 Å². The SMILES string of the molecule is C=CN(N=C)C1CC1. The lowest BCUT2D eigenvalue weighted by atomic mass is 10.7. The summed E-state index contributed by atoms with van der Waals surface area (Å²) in [7, 11) is 0. The first-order chi connectivity index (χ1) is 3.88. The van der Waals surface area contributed by atoms with Gasteiger partial charge in [-0.25, -0.2) is 0 Å². The molecule has 1 aliphatic carbocycles. The number of hydrogen-bond acceptors (Lipinski definition) is 2. The average molecular weight is 110 g/mol. The summed E-state index contributed by atoms with van der Waals surface area (Å²) < 4.78 is 0. The molecule has 8 heavy (non-hydrogen) atoms. The smallest absolute Gasteiger partial charge is 0.0520 e. The Morgan fingerprint density at radius 2 is 2.25 bits per heavy atom. The molecule has 2 heteroatoms. The van der Waals surface area contributed by atoms with Gasteiger partial charge in [-0.3, -0.25) is 5.01 Å². The molecule has 0 unspecified atom stereocenters. The Morgan fingerprint density at radius 1 is 1.62 bits per heavy atom. The fraction of sp³-hybridized carbons (Fsp3) is 0.500. The van der Waals surface area contributed by atoms with Crippen LogP contribution in [0, 0.1) is 0 Å². The zero-order valence-electron chi connectivity index (χ0n) is 4.88. The fourth-order valence-electron chi connectivity index (χ4n) is 0.661. The largest absolute Gasteiger partial charge is 0.271 e. The Balaban J connectivity index is 2.36. The van der Waals surface area contributed by atoms with Crippen molar-refractivity contribution in [3.63, 3.8) is 0 Å². The van der Waals surface area contributed by atoms with Crippen LogP contribution in [-0.2, 0) is 0 Å². The van der Waals surface area contributed by atoms with Gasteiger partial charge in [0.25, 0.3) is 0 Å². The van der Waals surface area contributed by atoms with Crippen LogP contribution in [0.3, 0.4) is 0 Å². The van der Waals surface area contributed by atoms with E-state index in [0.29, 0.717) is 6.04 Å². The third-order valence-electron chi connectivity index (χ3n) is 1.27. The highest BCUT2D eigenvalue weighted by molar-refractivity contribution is 5.23. The molecule has 1 aliphatic rings. The number of hydrazone groups is 1. The van der Waals surface area contributed by atoms with Gasteiger partial charge in [-0.15, -0.1) is 0 Å². The molecule has 1 fully saturated rings. The molecule has 1 rings (SSSR count). The minimum atomic E-state index is 0.616. The van der Waals surface area contributed by atoms with Crippen LogP contribution in [0.25, 0.3) is 0 Å². The summed E-state index contributed by atoms with van der Waals surface area (Å²) >= 11 is 0. The van der Waals surface area contributed by atoms with E-state index < -0.39 is 0 Å². The molecular formula is C6H10N2. The van der Waals surface area contributed by atoms with Crippen molar-refractivity contribution < 1.29 is 0 Å². The van der Waals surface area contributed by atoms with Gasteiger partial charge in [-0.05, 0) is 12.8 Å². The average Bonchev–Trinajstić information content (AvgIpc) is 2.53. The van der Waals surface area contributed by atoms with Crippen molar-refractivity contribution in [1.29, 1.82) is 0 Å². The highest BCUT2D eigenvalue weighted by Gasteiger charge is 2.25. The molecule has 0 aliphatic heterocycles. The maximum absolute atomic E-state index is 3.73. The third kappa shape index (κ3) is 0.886. The molecule has 44 valence electrons. The van der Waals surface area contributed by atoms with Gasteiger partial charge in [0.2, 0.25) is 0 Å². The van der Waals surface area contributed by atoms with Crippen LogP contribution in [-0.4, -0.2) is 17.8 Å². The summed E-state index contributed by atoms with van der Waals surface area (Å²) in [5.41, 5.74) is 0. The predicted molar refractivity (Wildman–Crippen MR) is 34.6 cm³/mol. The zero-order chi connectivity index (χ0) is 5.98. The molecule has 0 amide bonds. The van der Waals surface area contributed by atoms with E-state index in [2.05, 4.69) is 18.4 Å². The number of nitrogens with zero attached hydrogens (tertiary/aromatic N) is 2. The molecule has 0 atom stereocenters. The van der Waals surface area contributed by atoms with Crippen LogP contribution in [0.15, 0.2) is 17.9 Å². The van der Waals surface area contributed by atoms with Crippen LogP contribution in [0.2, 0.25) is 0 Å². The summed E-state index contributed by atoms with van der Waals surface area (Å²) in [5.74, 6) is 0. The van der Waals surface area contributed by atoms with Crippen LogP contribution >= 0.6 is 0 Å². The van der Waals surface area contributed by atoms with E-state index >= 15 is 0 Å². The number of rotatable bonds is 3. The first-order valence-corrected chi connectivity index (χ1v) is 2.76. The Labute approximate surface area is 49.5 Å². The lowest BCUT2D eigenvalue weighted by Gasteiger charge is -2.09. The van der Waals surface area contributed by atoms with Gasteiger partial charge in [0, 0.05) is 12.9 Å². The van der Waals surface area contributed by atoms with Crippen LogP contribution in [0.1, 0.15) is 12.8 Å². The highest BCUT2D eigenvalue weighted by atomic mass is 15.5. The summed E-state index contributed by atoms with van der Waals surface area (Å²) in [4.78, 5) is 0. The Morgan fingerprint density at radius 3 is 2.38 bits per heavy atom. The number of hydrogen-bond donors (Lipinski definition) is 0. The minimum Gasteiger partial charge on any atom is -0.271 e. The predicted octanol–water partition coefficient (Wildman–Crippen LogP) is 1.21. The lowest BCUT2D eigenvalue weighted by molar-refractivity contribution is 0.393. The highest BCUT2D eigenvalue weighted by Crippen LogP contribution is 2.26. The van der Waals surface area contributed by atoms with E-state index in [0.717, 1.165) is 0 Å². The zero-order valence-corrected chi connectivity index (χ0v) is 4.88. The quantitative estimate of drug-likeness (QED) is 0.394. The van der Waals surface area contributed by atoms with Gasteiger partial charge in [-0.1, -0.05) is 6.58 Å². The van der Waals surface area contributed by atoms with Gasteiger partial charge in [0.1, 0.15) is 0 Å². The van der Waals surface area contributed by atoms with Gasteiger partial charge in [0.15, 0.2) is 0 Å². The van der Waals surface area contributed by atoms with E-state index in [4.69, 9.17) is 0 Å². The summed E-state index contributed by atoms with van der Waals surface area (Å²) in [6.45, 7) is 6.98. The molecule has 0 aromatic carbocycles. The summed E-state index contributed by atoms with van der Waals surface area (Å²) in [6, 6.07) is 0.616. The van der Waals surface area contributed by atoms with Crippen LogP contribution < -0.4 is 0 Å². The van der Waals surface area contributed by atoms with E-state index in [1.54, 1.807) is 11.2 Å². The molecular weight excluding hydrogens is 100 g/mol. The molecule has 0 saturated heterocycles. The standard InChI is InChI=1S/C6H10N2/c1-3-8(7-2)6-4-5-6/h3,6H,1-2,4-5H2. The molecule has 2 nitrogen and oxygen atoms in total. The molecule has 0 spiro atoms. The van der Waals surface area contributed by atoms with Crippen molar-refractivity contribution in [3.8, 4) is 0 Å². The van der Waals surface area contributed by atoms with Crippen LogP contribution in [0.4, 0.5) is 0 Å². The minimum absolute atomic E-state index is 0.616. The maximum Gasteiger partial charge on any atom is 0.0520 e. The first-order valence-electron chi connectivity index (χ1n) is 2.76. The third-order valence-corrected chi connectivity index (χ3v) is 1.27. The van der Waals surface area contributed by atoms with Gasteiger partial charge >= 0.3 is 0 Å². The molecule has 1 saturated carbocycles. The second kappa shape index (κ2) is 1.99. The summed E-state index contributed by atoms with van der Waals surface area (Å²) in [6.07, 6.45) is 4.20. The van der Waals surface area contributed by atoms with Crippen LogP contribution in [0.5, 0.6) is 0 Å². The first kappa shape index (κ1) is 5.35. The second-order valence-corrected chi connectivity index (χ2v) is 1.94. The monoisotopic (exact) mass is 110 g/mol. The van der Waals surface area contributed by atoms with E-state index in [1.807, 2.05) is 0 Å². The van der Waals surface area contributed by atoms with Gasteiger partial charge in [0.05, 0.1) is 6.04 Å². The molecule has 0 heterocycles. The summed E-state index contributed by atoms with van der Waals surface area (Å²) in [5, 5.41) is 5.54.